The van der Waals surface area contributed by atoms with Gasteiger partial charge in [-0.25, -0.2) is 0 Å². The molecule has 0 aliphatic heterocycles. The summed E-state index contributed by atoms with van der Waals surface area (Å²) >= 11 is 0. The second-order valence-corrected chi connectivity index (χ2v) is 20.2. The van der Waals surface area contributed by atoms with Crippen molar-refractivity contribution in [3.05, 3.63) is 109 Å². The number of aliphatic carboxylic acids is 1. The number of carbonyl (C=O) groups is 3. The van der Waals surface area contributed by atoms with Crippen molar-refractivity contribution in [2.24, 2.45) is 0 Å². The second-order valence-electron chi connectivity index (χ2n) is 20.2. The van der Waals surface area contributed by atoms with E-state index in [9.17, 15) is 19.5 Å². The molecule has 0 spiro atoms. The molecule has 0 heterocycles. The molecule has 2 atom stereocenters. The van der Waals surface area contributed by atoms with E-state index in [1.165, 1.54) is 89.9 Å². The highest BCUT2D eigenvalue weighted by atomic mass is 16.7. The molecule has 0 aromatic carbocycles. The van der Waals surface area contributed by atoms with Gasteiger partial charge in [0.15, 0.2) is 12.4 Å². The number of allylic oxidation sites excluding steroid dienone is 18. The van der Waals surface area contributed by atoms with Crippen LogP contribution in [0.4, 0.5) is 0 Å². The molecule has 0 aliphatic carbocycles. The number of quaternary nitrogens is 1. The first-order valence-corrected chi connectivity index (χ1v) is 29.0. The fourth-order valence-corrected chi connectivity index (χ4v) is 7.61. The van der Waals surface area contributed by atoms with Crippen molar-refractivity contribution in [2.75, 3.05) is 47.5 Å². The van der Waals surface area contributed by atoms with E-state index in [4.69, 9.17) is 18.9 Å². The number of unbranched alkanes of at least 4 members (excludes halogenated alkanes) is 19. The fourth-order valence-electron chi connectivity index (χ4n) is 7.61. The van der Waals surface area contributed by atoms with Gasteiger partial charge in [-0.3, -0.25) is 9.59 Å². The molecular formula is C64H107NO8. The normalized spacial score (nSPS) is 13.6. The molecule has 0 saturated heterocycles. The summed E-state index contributed by atoms with van der Waals surface area (Å²) in [5.41, 5.74) is 0. The highest BCUT2D eigenvalue weighted by Gasteiger charge is 2.22. The minimum atomic E-state index is -1.64. The van der Waals surface area contributed by atoms with Gasteiger partial charge in [-0.05, 0) is 96.3 Å². The molecule has 9 heteroatoms. The van der Waals surface area contributed by atoms with Gasteiger partial charge >= 0.3 is 11.9 Å². The number of esters is 2. The van der Waals surface area contributed by atoms with Crippen LogP contribution < -0.4 is 5.11 Å². The van der Waals surface area contributed by atoms with Crippen molar-refractivity contribution < 1.29 is 42.9 Å². The van der Waals surface area contributed by atoms with Gasteiger partial charge in [0.1, 0.15) is 13.2 Å². The Morgan fingerprint density at radius 2 is 0.740 bits per heavy atom. The van der Waals surface area contributed by atoms with Gasteiger partial charge in [0.2, 0.25) is 0 Å². The first-order chi connectivity index (χ1) is 35.6. The van der Waals surface area contributed by atoms with Crippen LogP contribution in [-0.2, 0) is 33.3 Å². The predicted molar refractivity (Wildman–Crippen MR) is 306 cm³/mol. The van der Waals surface area contributed by atoms with Crippen LogP contribution in [0.2, 0.25) is 0 Å². The summed E-state index contributed by atoms with van der Waals surface area (Å²) in [4.78, 5) is 37.3. The van der Waals surface area contributed by atoms with Crippen LogP contribution in [0.5, 0.6) is 0 Å². The third-order valence-corrected chi connectivity index (χ3v) is 12.0. The topological polar surface area (TPSA) is 111 Å². The molecule has 0 N–H and O–H groups in total. The van der Waals surface area contributed by atoms with Gasteiger partial charge in [-0.15, -0.1) is 0 Å². The molecule has 416 valence electrons. The molecule has 0 bridgehead atoms. The van der Waals surface area contributed by atoms with Crippen LogP contribution in [0.25, 0.3) is 0 Å². The number of likely N-dealkylation sites (N-methyl/N-ethyl adjacent to an activating group) is 1. The number of hydrogen-bond donors (Lipinski definition) is 0. The second kappa shape index (κ2) is 54.2. The van der Waals surface area contributed by atoms with E-state index >= 15 is 0 Å². The molecule has 2 unspecified atom stereocenters. The van der Waals surface area contributed by atoms with E-state index in [2.05, 4.69) is 123 Å². The number of carboxylic acid groups (broad SMARTS) is 1. The third kappa shape index (κ3) is 55.5. The number of ether oxygens (including phenoxy) is 4. The van der Waals surface area contributed by atoms with E-state index in [0.717, 1.165) is 96.3 Å². The number of carboxylic acids is 1. The highest BCUT2D eigenvalue weighted by molar-refractivity contribution is 5.70. The minimum absolute atomic E-state index is 0.136. The lowest BCUT2D eigenvalue weighted by atomic mass is 10.0. The van der Waals surface area contributed by atoms with Crippen LogP contribution in [0, 0.1) is 0 Å². The monoisotopic (exact) mass is 1020 g/mol. The van der Waals surface area contributed by atoms with Gasteiger partial charge in [-0.2, -0.15) is 0 Å². The lowest BCUT2D eigenvalue weighted by Gasteiger charge is -2.26. The van der Waals surface area contributed by atoms with Gasteiger partial charge in [0, 0.05) is 12.8 Å². The Morgan fingerprint density at radius 3 is 1.11 bits per heavy atom. The first-order valence-electron chi connectivity index (χ1n) is 29.0. The fraction of sp³-hybridized carbons (Fsp3) is 0.672. The van der Waals surface area contributed by atoms with Gasteiger partial charge in [0.05, 0.1) is 40.3 Å². The number of nitrogens with zero attached hydrogens (tertiary/aromatic N) is 1. The van der Waals surface area contributed by atoms with E-state index in [1.807, 2.05) is 21.1 Å². The number of rotatable bonds is 52. The Labute approximate surface area is 447 Å². The van der Waals surface area contributed by atoms with Crippen molar-refractivity contribution in [1.82, 2.24) is 0 Å². The smallest absolute Gasteiger partial charge is 0.306 e. The largest absolute Gasteiger partial charge is 0.545 e. The lowest BCUT2D eigenvalue weighted by molar-refractivity contribution is -0.870. The Morgan fingerprint density at radius 1 is 0.411 bits per heavy atom. The highest BCUT2D eigenvalue weighted by Crippen LogP contribution is 2.16. The first kappa shape index (κ1) is 69.0. The number of hydrogen-bond acceptors (Lipinski definition) is 8. The Hall–Kier alpha value is -4.05. The van der Waals surface area contributed by atoms with Gasteiger partial charge in [-0.1, -0.05) is 220 Å². The minimum Gasteiger partial charge on any atom is -0.545 e. The van der Waals surface area contributed by atoms with Crippen LogP contribution in [0.3, 0.4) is 0 Å². The molecular weight excluding hydrogens is 911 g/mol. The molecule has 73 heavy (non-hydrogen) atoms. The van der Waals surface area contributed by atoms with E-state index < -0.39 is 24.3 Å². The van der Waals surface area contributed by atoms with Gasteiger partial charge in [0.25, 0.3) is 0 Å². The molecule has 0 aromatic rings. The Bertz CT molecular complexity index is 1560. The van der Waals surface area contributed by atoms with Crippen molar-refractivity contribution in [1.29, 1.82) is 0 Å². The molecule has 0 fully saturated rings. The molecule has 0 radical (unpaired) electrons. The maximum Gasteiger partial charge on any atom is 0.306 e. The van der Waals surface area contributed by atoms with Crippen LogP contribution in [-0.4, -0.2) is 82.3 Å². The SMILES string of the molecule is CC/C=C\C/C=C\C/C=C\C/C=C\C/C=C\CCCCCC(=O)OC(COC(=O)CCCCCCCCCCCCCCCCCC/C=C\C/C=C\C/C=C\C/C=C\CC)COC(OCC[N+](C)(C)C)C(=O)[O-]. The summed E-state index contributed by atoms with van der Waals surface area (Å²) in [6.07, 6.45) is 71.4. The Kier molecular flexibility index (Phi) is 51.2. The zero-order valence-electron chi connectivity index (χ0n) is 47.2. The molecule has 0 aliphatic rings. The maximum absolute atomic E-state index is 12.8. The Balaban J connectivity index is 4.24. The molecule has 0 saturated carbocycles. The van der Waals surface area contributed by atoms with Crippen molar-refractivity contribution in [3.8, 4) is 0 Å². The molecule has 0 rings (SSSR count). The van der Waals surface area contributed by atoms with Crippen molar-refractivity contribution in [3.63, 3.8) is 0 Å². The lowest BCUT2D eigenvalue weighted by Crippen LogP contribution is -2.44. The van der Waals surface area contributed by atoms with Crippen molar-refractivity contribution >= 4 is 17.9 Å². The summed E-state index contributed by atoms with van der Waals surface area (Å²) in [6, 6.07) is 0. The molecule has 9 nitrogen and oxygen atoms in total. The summed E-state index contributed by atoms with van der Waals surface area (Å²) in [7, 11) is 5.90. The van der Waals surface area contributed by atoms with E-state index in [1.54, 1.807) is 0 Å². The predicted octanol–water partition coefficient (Wildman–Crippen LogP) is 15.8. The zero-order valence-corrected chi connectivity index (χ0v) is 47.2. The quantitative estimate of drug-likeness (QED) is 0.0195. The summed E-state index contributed by atoms with van der Waals surface area (Å²) < 4.78 is 22.7. The van der Waals surface area contributed by atoms with E-state index in [-0.39, 0.29) is 38.6 Å². The summed E-state index contributed by atoms with van der Waals surface area (Å²) in [5.74, 6) is -2.33. The molecule has 0 amide bonds. The molecule has 0 aromatic heterocycles. The maximum atomic E-state index is 12.8. The van der Waals surface area contributed by atoms with Crippen molar-refractivity contribution in [2.45, 2.75) is 232 Å². The zero-order chi connectivity index (χ0) is 53.4. The third-order valence-electron chi connectivity index (χ3n) is 12.0. The van der Waals surface area contributed by atoms with Crippen LogP contribution in [0.15, 0.2) is 109 Å². The standard InChI is InChI=1S/C64H107NO8/c1-6-8-10-12-14-16-18-20-22-24-26-27-28-29-30-31-32-33-34-35-37-38-40-42-44-46-48-50-52-54-61(66)71-58-60(59-72-64(63(68)69)70-57-56-65(3,4)5)73-62(67)55-53-51-49-47-45-43-41-39-36-25-23-21-19-17-15-13-11-9-7-2/h8-11,14-17,20-23,26-27,36,39,43,45,60,64H,6-7,12-13,18-19,24-25,28-35,37-38,40-42,44,46-59H2,1-5H3/b10-8-,11-9-,16-14-,17-15-,22-20-,23-21-,27-26-,39-36-,45-43-. The average molecular weight is 1020 g/mol. The van der Waals surface area contributed by atoms with Crippen LogP contribution >= 0.6 is 0 Å². The van der Waals surface area contributed by atoms with Crippen LogP contribution in [0.1, 0.15) is 219 Å². The summed E-state index contributed by atoms with van der Waals surface area (Å²) in [5, 5.41) is 11.8. The average Bonchev–Trinajstić information content (AvgIpc) is 3.36. The number of carbonyl (C=O) groups excluding carboxylic acids is 3. The van der Waals surface area contributed by atoms with E-state index in [0.29, 0.717) is 17.4 Å². The summed E-state index contributed by atoms with van der Waals surface area (Å²) in [6.45, 7) is 4.48. The van der Waals surface area contributed by atoms with Gasteiger partial charge < -0.3 is 33.3 Å².